The van der Waals surface area contributed by atoms with E-state index in [-0.39, 0.29) is 5.91 Å². The van der Waals surface area contributed by atoms with Crippen LogP contribution in [0.4, 0.5) is 11.4 Å². The van der Waals surface area contributed by atoms with Crippen LogP contribution in [0.5, 0.6) is 0 Å². The van der Waals surface area contributed by atoms with E-state index >= 15 is 0 Å². The van der Waals surface area contributed by atoms with E-state index in [0.29, 0.717) is 11.5 Å². The normalized spacial score (nSPS) is 18.4. The van der Waals surface area contributed by atoms with Gasteiger partial charge in [0, 0.05) is 41.9 Å². The number of hydrogen-bond acceptors (Lipinski definition) is 3. The number of nitrogens with one attached hydrogen (secondary N) is 2. The molecule has 1 saturated heterocycles. The van der Waals surface area contributed by atoms with Gasteiger partial charge in [0.15, 0.2) is 5.11 Å². The standard InChI is InChI=1S/C19H27N3OS2/c23-18-10-5-12-22(18)16-7-4-6-15(14-16)21-19(24)20-11-13-25-17-8-2-1-3-9-17/h4,6-7,14,17H,1-3,5,8-13H2,(H2,20,21,24). The number of anilines is 2. The SMILES string of the molecule is O=C1CCCN1c1cccc(NC(=S)NCCSC2CCCCC2)c1. The highest BCUT2D eigenvalue weighted by Gasteiger charge is 2.21. The fraction of sp³-hybridized carbons (Fsp3) is 0.579. The van der Waals surface area contributed by atoms with Gasteiger partial charge >= 0.3 is 0 Å². The van der Waals surface area contributed by atoms with Gasteiger partial charge in [0.1, 0.15) is 0 Å². The van der Waals surface area contributed by atoms with Crippen LogP contribution >= 0.6 is 24.0 Å². The van der Waals surface area contributed by atoms with Crippen LogP contribution in [0.1, 0.15) is 44.9 Å². The Morgan fingerprint density at radius 2 is 2.08 bits per heavy atom. The number of hydrogen-bond donors (Lipinski definition) is 2. The molecule has 3 rings (SSSR count). The van der Waals surface area contributed by atoms with Gasteiger partial charge in [-0.25, -0.2) is 0 Å². The molecule has 1 heterocycles. The molecule has 4 nitrogen and oxygen atoms in total. The quantitative estimate of drug-likeness (QED) is 0.575. The molecule has 2 fully saturated rings. The maximum Gasteiger partial charge on any atom is 0.227 e. The summed E-state index contributed by atoms with van der Waals surface area (Å²) in [6.45, 7) is 1.70. The van der Waals surface area contributed by atoms with Crippen molar-refractivity contribution in [3.8, 4) is 0 Å². The molecule has 0 aromatic heterocycles. The van der Waals surface area contributed by atoms with Crippen LogP contribution in [0.3, 0.4) is 0 Å². The molecule has 6 heteroatoms. The molecule has 1 aromatic rings. The molecule has 0 unspecified atom stereocenters. The van der Waals surface area contributed by atoms with Crippen molar-refractivity contribution in [2.45, 2.75) is 50.2 Å². The third-order valence-corrected chi connectivity index (χ3v) is 6.41. The van der Waals surface area contributed by atoms with Crippen molar-refractivity contribution in [1.82, 2.24) is 5.32 Å². The van der Waals surface area contributed by atoms with Crippen LogP contribution < -0.4 is 15.5 Å². The highest BCUT2D eigenvalue weighted by molar-refractivity contribution is 7.99. The molecule has 1 aliphatic heterocycles. The second-order valence-electron chi connectivity index (χ2n) is 6.71. The van der Waals surface area contributed by atoms with E-state index in [1.165, 1.54) is 32.1 Å². The number of nitrogens with zero attached hydrogens (tertiary/aromatic N) is 1. The smallest absolute Gasteiger partial charge is 0.227 e. The van der Waals surface area contributed by atoms with Crippen LogP contribution in [-0.4, -0.2) is 35.1 Å². The lowest BCUT2D eigenvalue weighted by Gasteiger charge is -2.21. The van der Waals surface area contributed by atoms with Gasteiger partial charge in [0.25, 0.3) is 0 Å². The van der Waals surface area contributed by atoms with Gasteiger partial charge < -0.3 is 15.5 Å². The summed E-state index contributed by atoms with van der Waals surface area (Å²) in [5.41, 5.74) is 1.87. The van der Waals surface area contributed by atoms with Gasteiger partial charge in [0.2, 0.25) is 5.91 Å². The Bertz CT molecular complexity index is 602. The Balaban J connectivity index is 1.41. The second-order valence-corrected chi connectivity index (χ2v) is 8.53. The first-order chi connectivity index (χ1) is 12.2. The zero-order chi connectivity index (χ0) is 17.5. The molecule has 25 heavy (non-hydrogen) atoms. The first kappa shape index (κ1) is 18.5. The molecular formula is C19H27N3OS2. The van der Waals surface area contributed by atoms with Crippen LogP contribution in [-0.2, 0) is 4.79 Å². The Kier molecular flexibility index (Phi) is 6.99. The van der Waals surface area contributed by atoms with Crippen LogP contribution in [0.25, 0.3) is 0 Å². The van der Waals surface area contributed by atoms with Gasteiger partial charge in [-0.05, 0) is 49.7 Å². The zero-order valence-corrected chi connectivity index (χ0v) is 16.3. The average molecular weight is 378 g/mol. The predicted octanol–water partition coefficient (Wildman–Crippen LogP) is 4.17. The molecule has 2 aliphatic rings. The summed E-state index contributed by atoms with van der Waals surface area (Å²) in [5.74, 6) is 1.30. The molecule has 1 aliphatic carbocycles. The summed E-state index contributed by atoms with van der Waals surface area (Å²) in [7, 11) is 0. The maximum atomic E-state index is 11.9. The highest BCUT2D eigenvalue weighted by atomic mass is 32.2. The van der Waals surface area contributed by atoms with Gasteiger partial charge in [-0.3, -0.25) is 4.79 Å². The number of carbonyl (C=O) groups excluding carboxylic acids is 1. The van der Waals surface area contributed by atoms with Crippen molar-refractivity contribution < 1.29 is 4.79 Å². The van der Waals surface area contributed by atoms with E-state index in [4.69, 9.17) is 12.2 Å². The molecule has 2 N–H and O–H groups in total. The lowest BCUT2D eigenvalue weighted by atomic mass is 10.0. The highest BCUT2D eigenvalue weighted by Crippen LogP contribution is 2.28. The molecule has 0 spiro atoms. The Hall–Kier alpha value is -1.27. The first-order valence-corrected chi connectivity index (χ1v) is 10.7. The number of rotatable bonds is 6. The summed E-state index contributed by atoms with van der Waals surface area (Å²) in [5, 5.41) is 8.01. The van der Waals surface area contributed by atoms with Crippen molar-refractivity contribution in [2.75, 3.05) is 29.1 Å². The molecule has 1 aromatic carbocycles. The molecule has 0 bridgehead atoms. The van der Waals surface area contributed by atoms with Crippen molar-refractivity contribution in [2.24, 2.45) is 0 Å². The van der Waals surface area contributed by atoms with E-state index in [0.717, 1.165) is 41.9 Å². The third-order valence-electron chi connectivity index (χ3n) is 4.78. The first-order valence-electron chi connectivity index (χ1n) is 9.29. The number of benzene rings is 1. The van der Waals surface area contributed by atoms with Crippen LogP contribution in [0, 0.1) is 0 Å². The average Bonchev–Trinajstić information content (AvgIpc) is 3.06. The maximum absolute atomic E-state index is 11.9. The molecule has 1 saturated carbocycles. The Labute approximate surface area is 160 Å². The monoisotopic (exact) mass is 377 g/mol. The Morgan fingerprint density at radius 3 is 2.84 bits per heavy atom. The van der Waals surface area contributed by atoms with E-state index in [1.807, 2.05) is 29.2 Å². The fourth-order valence-corrected chi connectivity index (χ4v) is 4.91. The van der Waals surface area contributed by atoms with E-state index in [1.54, 1.807) is 0 Å². The number of carbonyl (C=O) groups is 1. The number of amides is 1. The Morgan fingerprint density at radius 1 is 1.24 bits per heavy atom. The molecule has 0 radical (unpaired) electrons. The van der Waals surface area contributed by atoms with Crippen LogP contribution in [0.2, 0.25) is 0 Å². The minimum absolute atomic E-state index is 0.206. The minimum Gasteiger partial charge on any atom is -0.362 e. The lowest BCUT2D eigenvalue weighted by molar-refractivity contribution is -0.117. The van der Waals surface area contributed by atoms with Gasteiger partial charge in [-0.15, -0.1) is 0 Å². The largest absolute Gasteiger partial charge is 0.362 e. The van der Waals surface area contributed by atoms with Crippen molar-refractivity contribution in [3.05, 3.63) is 24.3 Å². The minimum atomic E-state index is 0.206. The van der Waals surface area contributed by atoms with E-state index in [9.17, 15) is 4.79 Å². The molecule has 0 atom stereocenters. The summed E-state index contributed by atoms with van der Waals surface area (Å²) >= 11 is 7.47. The van der Waals surface area contributed by atoms with E-state index in [2.05, 4.69) is 22.4 Å². The van der Waals surface area contributed by atoms with Crippen molar-refractivity contribution >= 4 is 46.4 Å². The summed E-state index contributed by atoms with van der Waals surface area (Å²) in [6.07, 6.45) is 8.52. The molecule has 136 valence electrons. The van der Waals surface area contributed by atoms with Crippen molar-refractivity contribution in [3.63, 3.8) is 0 Å². The number of thioether (sulfide) groups is 1. The van der Waals surface area contributed by atoms with Crippen LogP contribution in [0.15, 0.2) is 24.3 Å². The third kappa shape index (κ3) is 5.61. The zero-order valence-electron chi connectivity index (χ0n) is 14.6. The predicted molar refractivity (Wildman–Crippen MR) is 112 cm³/mol. The summed E-state index contributed by atoms with van der Waals surface area (Å²) in [4.78, 5) is 13.7. The molecule has 1 amide bonds. The van der Waals surface area contributed by atoms with Gasteiger partial charge in [0.05, 0.1) is 0 Å². The lowest BCUT2D eigenvalue weighted by Crippen LogP contribution is -2.31. The second kappa shape index (κ2) is 9.43. The molecular weight excluding hydrogens is 350 g/mol. The topological polar surface area (TPSA) is 44.4 Å². The summed E-state index contributed by atoms with van der Waals surface area (Å²) < 4.78 is 0. The number of thiocarbonyl (C=S) groups is 1. The van der Waals surface area contributed by atoms with Gasteiger partial charge in [-0.2, -0.15) is 11.8 Å². The summed E-state index contributed by atoms with van der Waals surface area (Å²) in [6, 6.07) is 7.92. The van der Waals surface area contributed by atoms with Gasteiger partial charge in [-0.1, -0.05) is 25.3 Å². The fourth-order valence-electron chi connectivity index (χ4n) is 3.47. The van der Waals surface area contributed by atoms with E-state index < -0.39 is 0 Å². The van der Waals surface area contributed by atoms with Crippen molar-refractivity contribution in [1.29, 1.82) is 0 Å².